The summed E-state index contributed by atoms with van der Waals surface area (Å²) < 4.78 is 5.58. The zero-order chi connectivity index (χ0) is 18.5. The van der Waals surface area contributed by atoms with Gasteiger partial charge in [-0.2, -0.15) is 0 Å². The Labute approximate surface area is 161 Å². The minimum atomic E-state index is -2.43. The van der Waals surface area contributed by atoms with E-state index in [4.69, 9.17) is 4.74 Å². The van der Waals surface area contributed by atoms with E-state index in [2.05, 4.69) is 109 Å². The van der Waals surface area contributed by atoms with Crippen molar-refractivity contribution in [1.29, 1.82) is 0 Å². The summed E-state index contributed by atoms with van der Waals surface area (Å²) in [4.78, 5) is 0. The van der Waals surface area contributed by atoms with Gasteiger partial charge in [0, 0.05) is 0 Å². The Balaban J connectivity index is 2.12. The van der Waals surface area contributed by atoms with Crippen molar-refractivity contribution in [2.45, 2.75) is 0 Å². The molecule has 0 bridgehead atoms. The fourth-order valence-corrected chi connectivity index (χ4v) is 8.70. The predicted octanol–water partition coefficient (Wildman–Crippen LogP) is 4.05. The van der Waals surface area contributed by atoms with Crippen LogP contribution in [0.25, 0.3) is 0 Å². The Hall–Kier alpha value is -2.89. The molecule has 0 saturated carbocycles. The molecule has 4 aromatic rings. The standard InChI is InChI=1S/C25H23OP/c1-26-21-12-11-19-25(20-21)27(22-13-5-2-6-14-22,23-15-7-3-8-16-23)24-17-9-4-10-18-24/h2-20,27H,1H3. The van der Waals surface area contributed by atoms with Gasteiger partial charge in [-0.15, -0.1) is 0 Å². The van der Waals surface area contributed by atoms with Crippen LogP contribution in [-0.4, -0.2) is 7.11 Å². The monoisotopic (exact) mass is 370 g/mol. The number of hydrogen-bond acceptors (Lipinski definition) is 1. The number of rotatable bonds is 5. The summed E-state index contributed by atoms with van der Waals surface area (Å²) in [5.74, 6) is 0.896. The van der Waals surface area contributed by atoms with Gasteiger partial charge in [-0.05, 0) is 0 Å². The van der Waals surface area contributed by atoms with E-state index >= 15 is 0 Å². The van der Waals surface area contributed by atoms with Gasteiger partial charge in [0.05, 0.1) is 0 Å². The Morgan fingerprint density at radius 1 is 0.481 bits per heavy atom. The van der Waals surface area contributed by atoms with E-state index in [0.29, 0.717) is 0 Å². The van der Waals surface area contributed by atoms with Crippen LogP contribution < -0.4 is 26.0 Å². The first kappa shape index (κ1) is 17.5. The number of hydrogen-bond donors (Lipinski definition) is 0. The summed E-state index contributed by atoms with van der Waals surface area (Å²) in [6.45, 7) is 0. The molecule has 134 valence electrons. The van der Waals surface area contributed by atoms with Crippen molar-refractivity contribution in [1.82, 2.24) is 0 Å². The van der Waals surface area contributed by atoms with Crippen molar-refractivity contribution in [3.8, 4) is 5.75 Å². The maximum atomic E-state index is 5.58. The predicted molar refractivity (Wildman–Crippen MR) is 119 cm³/mol. The van der Waals surface area contributed by atoms with E-state index in [9.17, 15) is 0 Å². The zero-order valence-corrected chi connectivity index (χ0v) is 16.4. The molecular formula is C25H23OP. The number of benzene rings is 4. The molecule has 0 radical (unpaired) electrons. The van der Waals surface area contributed by atoms with E-state index in [-0.39, 0.29) is 0 Å². The van der Waals surface area contributed by atoms with Crippen LogP contribution in [0.5, 0.6) is 5.75 Å². The molecule has 0 atom stereocenters. The second kappa shape index (κ2) is 7.78. The van der Waals surface area contributed by atoms with Gasteiger partial charge in [0.2, 0.25) is 0 Å². The quantitative estimate of drug-likeness (QED) is 0.482. The van der Waals surface area contributed by atoms with Gasteiger partial charge in [-0.25, -0.2) is 0 Å². The first-order valence-electron chi connectivity index (χ1n) is 9.17. The third-order valence-electron chi connectivity index (χ3n) is 5.12. The van der Waals surface area contributed by atoms with E-state index in [1.165, 1.54) is 21.2 Å². The molecule has 0 aliphatic carbocycles. The van der Waals surface area contributed by atoms with Crippen LogP contribution in [0.1, 0.15) is 0 Å². The third-order valence-corrected chi connectivity index (χ3v) is 9.90. The Kier molecular flexibility index (Phi) is 5.05. The molecule has 0 saturated heterocycles. The molecule has 27 heavy (non-hydrogen) atoms. The molecule has 0 aromatic heterocycles. The zero-order valence-electron chi connectivity index (χ0n) is 15.4. The SMILES string of the molecule is COc1cccc([PH](c2ccccc2)(c2ccccc2)c2ccccc2)c1. The molecular weight excluding hydrogens is 347 g/mol. The van der Waals surface area contributed by atoms with Crippen molar-refractivity contribution < 1.29 is 4.74 Å². The van der Waals surface area contributed by atoms with E-state index in [1.807, 2.05) is 6.07 Å². The van der Waals surface area contributed by atoms with Crippen LogP contribution in [0.3, 0.4) is 0 Å². The molecule has 0 unspecified atom stereocenters. The first-order chi connectivity index (χ1) is 13.4. The van der Waals surface area contributed by atoms with Gasteiger partial charge in [0.25, 0.3) is 0 Å². The fourth-order valence-electron chi connectivity index (χ4n) is 3.92. The van der Waals surface area contributed by atoms with Gasteiger partial charge >= 0.3 is 161 Å². The van der Waals surface area contributed by atoms with Crippen LogP contribution in [0, 0.1) is 0 Å². The molecule has 0 fully saturated rings. The minimum absolute atomic E-state index is 0.896. The Bertz CT molecular complexity index is 901. The van der Waals surface area contributed by atoms with Gasteiger partial charge in [0.15, 0.2) is 0 Å². The molecule has 0 N–H and O–H groups in total. The van der Waals surface area contributed by atoms with Gasteiger partial charge in [0.1, 0.15) is 0 Å². The van der Waals surface area contributed by atoms with E-state index < -0.39 is 7.26 Å². The maximum absolute atomic E-state index is 5.58. The summed E-state index contributed by atoms with van der Waals surface area (Å²) in [5.41, 5.74) is 0. The second-order valence-electron chi connectivity index (χ2n) is 6.58. The molecule has 0 amide bonds. The van der Waals surface area contributed by atoms with Crippen molar-refractivity contribution in [3.63, 3.8) is 0 Å². The fraction of sp³-hybridized carbons (Fsp3) is 0.0400. The number of ether oxygens (including phenoxy) is 1. The van der Waals surface area contributed by atoms with Crippen LogP contribution >= 0.6 is 7.26 Å². The van der Waals surface area contributed by atoms with Crippen molar-refractivity contribution in [2.24, 2.45) is 0 Å². The molecule has 0 spiro atoms. The Morgan fingerprint density at radius 3 is 1.30 bits per heavy atom. The molecule has 1 nitrogen and oxygen atoms in total. The normalized spacial score (nSPS) is 11.7. The summed E-state index contributed by atoms with van der Waals surface area (Å²) in [6, 6.07) is 41.3. The van der Waals surface area contributed by atoms with Crippen molar-refractivity contribution in [3.05, 3.63) is 115 Å². The Morgan fingerprint density at radius 2 is 0.889 bits per heavy atom. The van der Waals surface area contributed by atoms with Crippen LogP contribution in [0.2, 0.25) is 0 Å². The van der Waals surface area contributed by atoms with Gasteiger partial charge in [-0.3, -0.25) is 0 Å². The average Bonchev–Trinajstić information content (AvgIpc) is 2.77. The molecule has 0 aliphatic heterocycles. The topological polar surface area (TPSA) is 9.23 Å². The van der Waals surface area contributed by atoms with Crippen LogP contribution in [0.4, 0.5) is 0 Å². The second-order valence-corrected chi connectivity index (χ2v) is 10.4. The third kappa shape index (κ3) is 3.16. The first-order valence-corrected chi connectivity index (χ1v) is 11.2. The van der Waals surface area contributed by atoms with E-state index in [1.54, 1.807) is 7.11 Å². The summed E-state index contributed by atoms with van der Waals surface area (Å²) in [6.07, 6.45) is 0. The molecule has 4 rings (SSSR count). The number of methoxy groups -OCH3 is 1. The summed E-state index contributed by atoms with van der Waals surface area (Å²) in [7, 11) is -0.696. The van der Waals surface area contributed by atoms with Crippen LogP contribution in [0.15, 0.2) is 115 Å². The molecule has 0 heterocycles. The van der Waals surface area contributed by atoms with Gasteiger partial charge < -0.3 is 0 Å². The van der Waals surface area contributed by atoms with E-state index in [0.717, 1.165) is 5.75 Å². The molecule has 0 aliphatic rings. The molecule has 4 aromatic carbocycles. The van der Waals surface area contributed by atoms with Gasteiger partial charge in [-0.1, -0.05) is 0 Å². The summed E-state index contributed by atoms with van der Waals surface area (Å²) >= 11 is 0. The van der Waals surface area contributed by atoms with Crippen molar-refractivity contribution >= 4 is 28.5 Å². The van der Waals surface area contributed by atoms with Crippen LogP contribution in [-0.2, 0) is 0 Å². The summed E-state index contributed by atoms with van der Waals surface area (Å²) in [5, 5.41) is 5.44. The van der Waals surface area contributed by atoms with Crippen molar-refractivity contribution in [2.75, 3.05) is 7.11 Å². The molecule has 2 heteroatoms. The average molecular weight is 370 g/mol.